The molecule has 4 unspecified atom stereocenters. The van der Waals surface area contributed by atoms with E-state index in [9.17, 15) is 0 Å². The van der Waals surface area contributed by atoms with E-state index in [1.54, 1.807) is 0 Å². The van der Waals surface area contributed by atoms with Crippen molar-refractivity contribution in [3.05, 3.63) is 0 Å². The third kappa shape index (κ3) is 3.94. The molecule has 0 spiro atoms. The van der Waals surface area contributed by atoms with Crippen molar-refractivity contribution in [2.24, 2.45) is 0 Å². The van der Waals surface area contributed by atoms with Crippen LogP contribution in [-0.2, 0) is 4.74 Å². The molecule has 1 heterocycles. The first-order valence-electron chi connectivity index (χ1n) is 6.67. The average molecular weight is 245 g/mol. The number of thioether (sulfide) groups is 1. The Morgan fingerprint density at radius 3 is 2.62 bits per heavy atom. The maximum Gasteiger partial charge on any atom is 0.0666 e. The van der Waals surface area contributed by atoms with Crippen LogP contribution in [0.25, 0.3) is 0 Å². The fraction of sp³-hybridized carbons (Fsp3) is 1.00. The first kappa shape index (κ1) is 14.3. The highest BCUT2D eigenvalue weighted by Crippen LogP contribution is 2.33. The van der Waals surface area contributed by atoms with E-state index in [4.69, 9.17) is 4.74 Å². The maximum absolute atomic E-state index is 5.64. The highest BCUT2D eigenvalue weighted by Gasteiger charge is 2.29. The summed E-state index contributed by atoms with van der Waals surface area (Å²) >= 11 is 2.15. The van der Waals surface area contributed by atoms with Crippen molar-refractivity contribution >= 4 is 11.8 Å². The quantitative estimate of drug-likeness (QED) is 0.745. The predicted molar refractivity (Wildman–Crippen MR) is 73.2 cm³/mol. The first-order chi connectivity index (χ1) is 7.72. The van der Waals surface area contributed by atoms with Crippen molar-refractivity contribution in [2.75, 3.05) is 13.7 Å². The molecule has 0 aromatic heterocycles. The van der Waals surface area contributed by atoms with Crippen LogP contribution in [-0.4, -0.2) is 36.3 Å². The van der Waals surface area contributed by atoms with Crippen molar-refractivity contribution in [3.8, 4) is 0 Å². The first-order valence-corrected chi connectivity index (χ1v) is 7.61. The molecule has 4 atom stereocenters. The summed E-state index contributed by atoms with van der Waals surface area (Å²) in [6, 6.07) is 0.660. The van der Waals surface area contributed by atoms with Gasteiger partial charge >= 0.3 is 0 Å². The molecule has 2 nitrogen and oxygen atoms in total. The van der Waals surface area contributed by atoms with E-state index in [0.29, 0.717) is 17.4 Å². The summed E-state index contributed by atoms with van der Waals surface area (Å²) in [5.74, 6) is 0. The zero-order valence-electron chi connectivity index (χ0n) is 11.2. The summed E-state index contributed by atoms with van der Waals surface area (Å²) in [6.07, 6.45) is 5.46. The van der Waals surface area contributed by atoms with E-state index >= 15 is 0 Å². The topological polar surface area (TPSA) is 21.3 Å². The highest BCUT2D eigenvalue weighted by molar-refractivity contribution is 8.00. The molecule has 1 aliphatic rings. The fourth-order valence-electron chi connectivity index (χ4n) is 2.42. The van der Waals surface area contributed by atoms with Gasteiger partial charge in [-0.3, -0.25) is 0 Å². The van der Waals surface area contributed by atoms with Crippen LogP contribution in [0, 0.1) is 0 Å². The second-order valence-corrected chi connectivity index (χ2v) is 6.15. The summed E-state index contributed by atoms with van der Waals surface area (Å²) in [6.45, 7) is 7.74. The van der Waals surface area contributed by atoms with E-state index in [-0.39, 0.29) is 0 Å². The summed E-state index contributed by atoms with van der Waals surface area (Å²) in [4.78, 5) is 0. The molecule has 0 radical (unpaired) electrons. The predicted octanol–water partition coefficient (Wildman–Crippen LogP) is 3.06. The lowest BCUT2D eigenvalue weighted by Crippen LogP contribution is -2.37. The molecular weight excluding hydrogens is 218 g/mol. The summed E-state index contributed by atoms with van der Waals surface area (Å²) in [5, 5.41) is 4.92. The third-order valence-electron chi connectivity index (χ3n) is 3.48. The second kappa shape index (κ2) is 7.57. The van der Waals surface area contributed by atoms with Gasteiger partial charge in [0.2, 0.25) is 0 Å². The van der Waals surface area contributed by atoms with Crippen LogP contribution in [0.4, 0.5) is 0 Å². The minimum atomic E-state index is 0.443. The van der Waals surface area contributed by atoms with Crippen molar-refractivity contribution in [2.45, 2.75) is 69.1 Å². The molecule has 1 fully saturated rings. The van der Waals surface area contributed by atoms with Gasteiger partial charge in [0.05, 0.1) is 6.10 Å². The van der Waals surface area contributed by atoms with Crippen molar-refractivity contribution < 1.29 is 4.74 Å². The zero-order valence-corrected chi connectivity index (χ0v) is 12.0. The van der Waals surface area contributed by atoms with Gasteiger partial charge < -0.3 is 10.1 Å². The van der Waals surface area contributed by atoms with Gasteiger partial charge in [-0.05, 0) is 33.2 Å². The number of rotatable bonds is 7. The molecule has 0 bridgehead atoms. The molecule has 0 aromatic rings. The molecule has 96 valence electrons. The van der Waals surface area contributed by atoms with Crippen LogP contribution in [0.2, 0.25) is 0 Å². The molecule has 16 heavy (non-hydrogen) atoms. The van der Waals surface area contributed by atoms with Gasteiger partial charge in [0.1, 0.15) is 0 Å². The SMILES string of the molecule is CCCC(NC)C(CC)SC1CCOC1C. The van der Waals surface area contributed by atoms with Crippen molar-refractivity contribution in [1.82, 2.24) is 5.32 Å². The molecule has 0 aliphatic carbocycles. The molecular formula is C13H27NOS. The minimum Gasteiger partial charge on any atom is -0.377 e. The van der Waals surface area contributed by atoms with Crippen LogP contribution in [0.15, 0.2) is 0 Å². The Morgan fingerprint density at radius 1 is 1.44 bits per heavy atom. The molecule has 3 heteroatoms. The van der Waals surface area contributed by atoms with Gasteiger partial charge in [0.25, 0.3) is 0 Å². The molecule has 0 saturated carbocycles. The maximum atomic E-state index is 5.64. The highest BCUT2D eigenvalue weighted by atomic mass is 32.2. The van der Waals surface area contributed by atoms with E-state index in [1.165, 1.54) is 25.7 Å². The number of nitrogens with one attached hydrogen (secondary N) is 1. The second-order valence-electron chi connectivity index (χ2n) is 4.67. The van der Waals surface area contributed by atoms with E-state index < -0.39 is 0 Å². The minimum absolute atomic E-state index is 0.443. The molecule has 1 aliphatic heterocycles. The van der Waals surface area contributed by atoms with Gasteiger partial charge in [-0.1, -0.05) is 20.3 Å². The lowest BCUT2D eigenvalue weighted by atomic mass is 10.1. The Kier molecular flexibility index (Phi) is 6.78. The summed E-state index contributed by atoms with van der Waals surface area (Å²) in [7, 11) is 2.10. The van der Waals surface area contributed by atoms with Gasteiger partial charge in [-0.2, -0.15) is 11.8 Å². The zero-order chi connectivity index (χ0) is 12.0. The Balaban J connectivity index is 2.45. The summed E-state index contributed by atoms with van der Waals surface area (Å²) in [5.41, 5.74) is 0. The molecule has 1 rings (SSSR count). The molecule has 0 aromatic carbocycles. The monoisotopic (exact) mass is 245 g/mol. The lowest BCUT2D eigenvalue weighted by Gasteiger charge is -2.28. The van der Waals surface area contributed by atoms with E-state index in [0.717, 1.165) is 11.9 Å². The van der Waals surface area contributed by atoms with Crippen LogP contribution in [0.3, 0.4) is 0 Å². The van der Waals surface area contributed by atoms with E-state index in [2.05, 4.69) is 44.9 Å². The lowest BCUT2D eigenvalue weighted by molar-refractivity contribution is 0.127. The number of hydrogen-bond acceptors (Lipinski definition) is 3. The van der Waals surface area contributed by atoms with Gasteiger partial charge in [0.15, 0.2) is 0 Å². The van der Waals surface area contributed by atoms with Gasteiger partial charge in [-0.15, -0.1) is 0 Å². The number of hydrogen-bond donors (Lipinski definition) is 1. The van der Waals surface area contributed by atoms with Gasteiger partial charge in [0, 0.05) is 23.1 Å². The van der Waals surface area contributed by atoms with Crippen molar-refractivity contribution in [3.63, 3.8) is 0 Å². The Labute approximate surface area is 105 Å². The Hall–Kier alpha value is 0.270. The standard InChI is InChI=1S/C13H27NOS/c1-5-7-11(14-4)12(6-2)16-13-8-9-15-10(13)3/h10-14H,5-9H2,1-4H3. The fourth-order valence-corrected chi connectivity index (χ4v) is 4.05. The normalized spacial score (nSPS) is 29.2. The molecule has 0 amide bonds. The van der Waals surface area contributed by atoms with Crippen LogP contribution in [0.1, 0.15) is 46.5 Å². The van der Waals surface area contributed by atoms with E-state index in [1.807, 2.05) is 0 Å². The Morgan fingerprint density at radius 2 is 2.19 bits per heavy atom. The Bertz CT molecular complexity index is 189. The van der Waals surface area contributed by atoms with Crippen LogP contribution >= 0.6 is 11.8 Å². The average Bonchev–Trinajstić information content (AvgIpc) is 2.69. The largest absolute Gasteiger partial charge is 0.377 e. The van der Waals surface area contributed by atoms with Crippen LogP contribution < -0.4 is 5.32 Å². The summed E-state index contributed by atoms with van der Waals surface area (Å²) < 4.78 is 5.64. The smallest absolute Gasteiger partial charge is 0.0666 e. The number of ether oxygens (including phenoxy) is 1. The van der Waals surface area contributed by atoms with Gasteiger partial charge in [-0.25, -0.2) is 0 Å². The van der Waals surface area contributed by atoms with Crippen molar-refractivity contribution in [1.29, 1.82) is 0 Å². The third-order valence-corrected chi connectivity index (χ3v) is 5.46. The van der Waals surface area contributed by atoms with Crippen LogP contribution in [0.5, 0.6) is 0 Å². The molecule has 1 saturated heterocycles. The molecule has 1 N–H and O–H groups in total.